The monoisotopic (exact) mass is 217 g/mol. The molecule has 16 heavy (non-hydrogen) atoms. The van der Waals surface area contributed by atoms with Crippen LogP contribution in [0.3, 0.4) is 0 Å². The molecule has 0 aromatic heterocycles. The summed E-state index contributed by atoms with van der Waals surface area (Å²) in [6.45, 7) is 8.55. The summed E-state index contributed by atoms with van der Waals surface area (Å²) in [4.78, 5) is 0. The number of nitrogens with zero attached hydrogens (tertiary/aromatic N) is 1. The maximum Gasteiger partial charge on any atom is 0.122 e. The largest absolute Gasteiger partial charge is 0.493 e. The van der Waals surface area contributed by atoms with Gasteiger partial charge in [0.2, 0.25) is 0 Å². The van der Waals surface area contributed by atoms with E-state index in [9.17, 15) is 0 Å². The lowest BCUT2D eigenvalue weighted by atomic mass is 9.92. The Bertz CT molecular complexity index is 402. The standard InChI is InChI=1S/C14H19NO/c1-11-5-6-13(12(2)9-11)16-8-7-14(3,4)10-15/h5-6,9H,7-8H2,1-4H3. The van der Waals surface area contributed by atoms with Gasteiger partial charge in [0.1, 0.15) is 5.75 Å². The number of aryl methyl sites for hydroxylation is 2. The van der Waals surface area contributed by atoms with Crippen LogP contribution in [0.2, 0.25) is 0 Å². The van der Waals surface area contributed by atoms with E-state index >= 15 is 0 Å². The molecule has 2 nitrogen and oxygen atoms in total. The second-order valence-electron chi connectivity index (χ2n) is 4.86. The second-order valence-corrected chi connectivity index (χ2v) is 4.86. The van der Waals surface area contributed by atoms with Gasteiger partial charge in [-0.2, -0.15) is 5.26 Å². The number of benzene rings is 1. The number of hydrogen-bond acceptors (Lipinski definition) is 2. The molecule has 0 aliphatic heterocycles. The summed E-state index contributed by atoms with van der Waals surface area (Å²) in [6, 6.07) is 8.40. The van der Waals surface area contributed by atoms with Crippen LogP contribution in [-0.4, -0.2) is 6.61 Å². The third-order valence-corrected chi connectivity index (χ3v) is 2.62. The highest BCUT2D eigenvalue weighted by atomic mass is 16.5. The quantitative estimate of drug-likeness (QED) is 0.771. The van der Waals surface area contributed by atoms with Crippen molar-refractivity contribution in [2.75, 3.05) is 6.61 Å². The highest BCUT2D eigenvalue weighted by Crippen LogP contribution is 2.22. The highest BCUT2D eigenvalue weighted by Gasteiger charge is 2.16. The zero-order valence-electron chi connectivity index (χ0n) is 10.5. The summed E-state index contributed by atoms with van der Waals surface area (Å²) in [5, 5.41) is 8.88. The van der Waals surface area contributed by atoms with E-state index in [1.54, 1.807) is 0 Å². The van der Waals surface area contributed by atoms with E-state index in [1.807, 2.05) is 32.9 Å². The maximum atomic E-state index is 8.88. The van der Waals surface area contributed by atoms with Gasteiger partial charge in [-0.1, -0.05) is 17.7 Å². The molecule has 86 valence electrons. The molecule has 0 atom stereocenters. The number of rotatable bonds is 4. The Kier molecular flexibility index (Phi) is 3.95. The molecule has 0 heterocycles. The van der Waals surface area contributed by atoms with Crippen LogP contribution in [0.4, 0.5) is 0 Å². The molecule has 1 aromatic rings. The fraction of sp³-hybridized carbons (Fsp3) is 0.500. The Balaban J connectivity index is 2.53. The zero-order chi connectivity index (χ0) is 12.2. The molecule has 1 aromatic carbocycles. The van der Waals surface area contributed by atoms with Gasteiger partial charge in [0.25, 0.3) is 0 Å². The fourth-order valence-corrected chi connectivity index (χ4v) is 1.43. The summed E-state index contributed by atoms with van der Waals surface area (Å²) in [5.74, 6) is 0.916. The molecule has 0 aliphatic carbocycles. The van der Waals surface area contributed by atoms with Crippen LogP contribution >= 0.6 is 0 Å². The first kappa shape index (κ1) is 12.6. The molecular weight excluding hydrogens is 198 g/mol. The molecule has 0 fully saturated rings. The van der Waals surface area contributed by atoms with Gasteiger partial charge in [0.05, 0.1) is 18.1 Å². The van der Waals surface area contributed by atoms with Gasteiger partial charge in [-0.25, -0.2) is 0 Å². The predicted molar refractivity (Wildman–Crippen MR) is 65.4 cm³/mol. The van der Waals surface area contributed by atoms with Crippen molar-refractivity contribution >= 4 is 0 Å². The molecule has 0 N–H and O–H groups in total. The molecule has 0 amide bonds. The van der Waals surface area contributed by atoms with E-state index in [4.69, 9.17) is 10.00 Å². The van der Waals surface area contributed by atoms with Gasteiger partial charge in [0.15, 0.2) is 0 Å². The van der Waals surface area contributed by atoms with Crippen LogP contribution in [0.15, 0.2) is 18.2 Å². The molecule has 0 aliphatic rings. The fourth-order valence-electron chi connectivity index (χ4n) is 1.43. The van der Waals surface area contributed by atoms with Crippen molar-refractivity contribution in [1.29, 1.82) is 5.26 Å². The summed E-state index contributed by atoms with van der Waals surface area (Å²) in [6.07, 6.45) is 0.747. The van der Waals surface area contributed by atoms with Crippen molar-refractivity contribution in [3.05, 3.63) is 29.3 Å². The van der Waals surface area contributed by atoms with Crippen LogP contribution in [-0.2, 0) is 0 Å². The van der Waals surface area contributed by atoms with Crippen molar-refractivity contribution in [3.63, 3.8) is 0 Å². The third-order valence-electron chi connectivity index (χ3n) is 2.62. The van der Waals surface area contributed by atoms with Gasteiger partial charge < -0.3 is 4.74 Å². The lowest BCUT2D eigenvalue weighted by Gasteiger charge is -2.16. The van der Waals surface area contributed by atoms with E-state index in [0.717, 1.165) is 17.7 Å². The number of ether oxygens (including phenoxy) is 1. The van der Waals surface area contributed by atoms with Crippen LogP contribution in [0.25, 0.3) is 0 Å². The van der Waals surface area contributed by atoms with Crippen molar-refractivity contribution in [1.82, 2.24) is 0 Å². The van der Waals surface area contributed by atoms with Crippen LogP contribution in [0.1, 0.15) is 31.4 Å². The van der Waals surface area contributed by atoms with Gasteiger partial charge >= 0.3 is 0 Å². The molecule has 0 bridgehead atoms. The average molecular weight is 217 g/mol. The molecule has 0 unspecified atom stereocenters. The van der Waals surface area contributed by atoms with Gasteiger partial charge in [-0.3, -0.25) is 0 Å². The lowest BCUT2D eigenvalue weighted by Crippen LogP contribution is -2.13. The Morgan fingerprint density at radius 2 is 2.00 bits per heavy atom. The van der Waals surface area contributed by atoms with Crippen molar-refractivity contribution < 1.29 is 4.74 Å². The van der Waals surface area contributed by atoms with Crippen LogP contribution in [0.5, 0.6) is 5.75 Å². The zero-order valence-corrected chi connectivity index (χ0v) is 10.5. The second kappa shape index (κ2) is 5.03. The van der Waals surface area contributed by atoms with Crippen molar-refractivity contribution in [3.8, 4) is 11.8 Å². The minimum Gasteiger partial charge on any atom is -0.493 e. The first-order chi connectivity index (χ1) is 7.44. The summed E-state index contributed by atoms with van der Waals surface area (Å²) in [7, 11) is 0. The average Bonchev–Trinajstić information content (AvgIpc) is 2.21. The molecule has 0 saturated heterocycles. The van der Waals surface area contributed by atoms with Gasteiger partial charge in [-0.05, 0) is 45.7 Å². The maximum absolute atomic E-state index is 8.88. The number of nitriles is 1. The first-order valence-corrected chi connectivity index (χ1v) is 5.56. The molecule has 1 rings (SSSR count). The third kappa shape index (κ3) is 3.58. The smallest absolute Gasteiger partial charge is 0.122 e. The van der Waals surface area contributed by atoms with E-state index in [2.05, 4.69) is 19.1 Å². The SMILES string of the molecule is Cc1ccc(OCCC(C)(C)C#N)c(C)c1. The topological polar surface area (TPSA) is 33.0 Å². The predicted octanol–water partition coefficient (Wildman–Crippen LogP) is 3.62. The van der Waals surface area contributed by atoms with E-state index in [1.165, 1.54) is 5.56 Å². The Labute approximate surface area is 97.9 Å². The molecule has 0 spiro atoms. The first-order valence-electron chi connectivity index (χ1n) is 5.56. The van der Waals surface area contributed by atoms with E-state index in [-0.39, 0.29) is 5.41 Å². The molecular formula is C14H19NO. The van der Waals surface area contributed by atoms with Crippen LogP contribution < -0.4 is 4.74 Å². The van der Waals surface area contributed by atoms with Gasteiger partial charge in [-0.15, -0.1) is 0 Å². The minimum absolute atomic E-state index is 0.307. The highest BCUT2D eigenvalue weighted by molar-refractivity contribution is 5.35. The van der Waals surface area contributed by atoms with E-state index < -0.39 is 0 Å². The number of hydrogen-bond donors (Lipinski definition) is 0. The summed E-state index contributed by atoms with van der Waals surface area (Å²) >= 11 is 0. The molecule has 0 radical (unpaired) electrons. The molecule has 0 saturated carbocycles. The Hall–Kier alpha value is -1.49. The minimum atomic E-state index is -0.307. The Morgan fingerprint density at radius 3 is 2.56 bits per heavy atom. The van der Waals surface area contributed by atoms with Crippen LogP contribution in [0, 0.1) is 30.6 Å². The van der Waals surface area contributed by atoms with E-state index in [0.29, 0.717) is 6.61 Å². The summed E-state index contributed by atoms with van der Waals surface area (Å²) < 4.78 is 5.68. The summed E-state index contributed by atoms with van der Waals surface area (Å²) in [5.41, 5.74) is 2.08. The van der Waals surface area contributed by atoms with Crippen molar-refractivity contribution in [2.24, 2.45) is 5.41 Å². The molecule has 2 heteroatoms. The Morgan fingerprint density at radius 1 is 1.31 bits per heavy atom. The van der Waals surface area contributed by atoms with Gasteiger partial charge in [0, 0.05) is 0 Å². The normalized spacial score (nSPS) is 10.9. The lowest BCUT2D eigenvalue weighted by molar-refractivity contribution is 0.263. The van der Waals surface area contributed by atoms with Crippen molar-refractivity contribution in [2.45, 2.75) is 34.1 Å².